The molecule has 0 aliphatic carbocycles. The van der Waals surface area contributed by atoms with E-state index in [9.17, 15) is 4.79 Å². The Labute approximate surface area is 93.6 Å². The summed E-state index contributed by atoms with van der Waals surface area (Å²) in [6.45, 7) is 0.124. The molecule has 5 heteroatoms. The third-order valence-electron chi connectivity index (χ3n) is 1.74. The highest BCUT2D eigenvalue weighted by Gasteiger charge is 1.99. The summed E-state index contributed by atoms with van der Waals surface area (Å²) in [6.07, 6.45) is 0. The zero-order valence-electron chi connectivity index (χ0n) is 9.01. The zero-order valence-corrected chi connectivity index (χ0v) is 9.01. The van der Waals surface area contributed by atoms with Crippen molar-refractivity contribution in [2.75, 3.05) is 20.5 Å². The van der Waals surface area contributed by atoms with E-state index >= 15 is 0 Å². The minimum absolute atomic E-state index is 0.180. The zero-order chi connectivity index (χ0) is 11.8. The molecule has 0 atom stereocenters. The van der Waals surface area contributed by atoms with Crippen LogP contribution in [0.5, 0.6) is 5.75 Å². The van der Waals surface area contributed by atoms with Crippen LogP contribution in [-0.4, -0.2) is 31.6 Å². The lowest BCUT2D eigenvalue weighted by Crippen LogP contribution is -2.06. The number of benzene rings is 1. The lowest BCUT2D eigenvalue weighted by Gasteiger charge is -2.06. The van der Waals surface area contributed by atoms with Gasteiger partial charge in [0.25, 0.3) is 0 Å². The molecule has 0 saturated heterocycles. The van der Waals surface area contributed by atoms with E-state index in [0.717, 1.165) is 5.56 Å². The van der Waals surface area contributed by atoms with Gasteiger partial charge in [0.1, 0.15) is 12.4 Å². The Balaban J connectivity index is 2.43. The molecule has 0 unspecified atom stereocenters. The van der Waals surface area contributed by atoms with Gasteiger partial charge in [-0.2, -0.15) is 0 Å². The van der Waals surface area contributed by atoms with Crippen LogP contribution >= 0.6 is 0 Å². The summed E-state index contributed by atoms with van der Waals surface area (Å²) in [6, 6.07) is 7.21. The number of carbonyl (C=O) groups is 1. The number of hydrogen-bond donors (Lipinski definition) is 1. The quantitative estimate of drug-likeness (QED) is 0.709. The third-order valence-corrected chi connectivity index (χ3v) is 1.74. The first-order valence-electron chi connectivity index (χ1n) is 4.72. The highest BCUT2D eigenvalue weighted by atomic mass is 16.7. The Kier molecular flexibility index (Phi) is 5.31. The Bertz CT molecular complexity index is 337. The topological polar surface area (TPSA) is 65.0 Å². The summed E-state index contributed by atoms with van der Waals surface area (Å²) < 4.78 is 15.0. The maximum Gasteiger partial charge on any atom is 0.329 e. The highest BCUT2D eigenvalue weighted by molar-refractivity contribution is 5.67. The Morgan fingerprint density at radius 1 is 1.44 bits per heavy atom. The fourth-order valence-corrected chi connectivity index (χ4v) is 1.11. The minimum atomic E-state index is -0.980. The van der Waals surface area contributed by atoms with Crippen LogP contribution in [0.3, 0.4) is 0 Å². The van der Waals surface area contributed by atoms with Crippen molar-refractivity contribution in [3.8, 4) is 5.75 Å². The largest absolute Gasteiger partial charge is 0.480 e. The maximum absolute atomic E-state index is 10.2. The summed E-state index contributed by atoms with van der Waals surface area (Å²) in [5.74, 6) is -0.315. The molecule has 1 aromatic rings. The van der Waals surface area contributed by atoms with Crippen LogP contribution in [0.2, 0.25) is 0 Å². The molecule has 0 aliphatic heterocycles. The fourth-order valence-electron chi connectivity index (χ4n) is 1.11. The molecule has 0 heterocycles. The highest BCUT2D eigenvalue weighted by Crippen LogP contribution is 2.13. The summed E-state index contributed by atoms with van der Waals surface area (Å²) in [5.41, 5.74) is 0.856. The van der Waals surface area contributed by atoms with Crippen molar-refractivity contribution in [3.05, 3.63) is 29.8 Å². The third kappa shape index (κ3) is 4.77. The lowest BCUT2D eigenvalue weighted by molar-refractivity contribution is -0.142. The van der Waals surface area contributed by atoms with Crippen molar-refractivity contribution >= 4 is 5.97 Å². The van der Waals surface area contributed by atoms with Crippen LogP contribution in [0.15, 0.2) is 24.3 Å². The first kappa shape index (κ1) is 12.5. The second kappa shape index (κ2) is 6.81. The average Bonchev–Trinajstić information content (AvgIpc) is 2.26. The molecule has 0 radical (unpaired) electrons. The second-order valence-corrected chi connectivity index (χ2v) is 3.08. The van der Waals surface area contributed by atoms with Gasteiger partial charge < -0.3 is 19.3 Å². The summed E-state index contributed by atoms with van der Waals surface area (Å²) in [4.78, 5) is 10.2. The van der Waals surface area contributed by atoms with Gasteiger partial charge in [-0.05, 0) is 17.7 Å². The van der Waals surface area contributed by atoms with Gasteiger partial charge in [0.15, 0.2) is 6.79 Å². The van der Waals surface area contributed by atoms with E-state index in [4.69, 9.17) is 19.3 Å². The van der Waals surface area contributed by atoms with Gasteiger partial charge in [0.2, 0.25) is 0 Å². The molecule has 0 saturated carbocycles. The molecular formula is C11H14O5. The van der Waals surface area contributed by atoms with Gasteiger partial charge in [-0.15, -0.1) is 0 Å². The Hall–Kier alpha value is -1.59. The molecule has 16 heavy (non-hydrogen) atoms. The molecule has 0 aromatic heterocycles. The van der Waals surface area contributed by atoms with Crippen LogP contribution in [0.1, 0.15) is 5.56 Å². The van der Waals surface area contributed by atoms with Crippen LogP contribution in [0, 0.1) is 0 Å². The van der Waals surface area contributed by atoms with Crippen LogP contribution < -0.4 is 4.74 Å². The molecule has 1 N–H and O–H groups in total. The first-order valence-corrected chi connectivity index (χ1v) is 4.72. The number of hydrogen-bond acceptors (Lipinski definition) is 4. The molecule has 1 aromatic carbocycles. The molecular weight excluding hydrogens is 212 g/mol. The predicted molar refractivity (Wildman–Crippen MR) is 56.2 cm³/mol. The van der Waals surface area contributed by atoms with Crippen molar-refractivity contribution in [3.63, 3.8) is 0 Å². The number of carboxylic acid groups (broad SMARTS) is 1. The van der Waals surface area contributed by atoms with Gasteiger partial charge in [-0.3, -0.25) is 0 Å². The van der Waals surface area contributed by atoms with Crippen molar-refractivity contribution in [1.29, 1.82) is 0 Å². The summed E-state index contributed by atoms with van der Waals surface area (Å²) in [7, 11) is 1.54. The van der Waals surface area contributed by atoms with E-state index in [-0.39, 0.29) is 20.0 Å². The average molecular weight is 226 g/mol. The van der Waals surface area contributed by atoms with Crippen LogP contribution in [0.25, 0.3) is 0 Å². The van der Waals surface area contributed by atoms with E-state index < -0.39 is 5.97 Å². The van der Waals surface area contributed by atoms with E-state index in [1.54, 1.807) is 19.2 Å². The molecule has 0 spiro atoms. The smallest absolute Gasteiger partial charge is 0.329 e. The monoisotopic (exact) mass is 226 g/mol. The minimum Gasteiger partial charge on any atom is -0.480 e. The fraction of sp³-hybridized carbons (Fsp3) is 0.364. The molecule has 0 amide bonds. The lowest BCUT2D eigenvalue weighted by atomic mass is 10.2. The van der Waals surface area contributed by atoms with Gasteiger partial charge >= 0.3 is 5.97 Å². The van der Waals surface area contributed by atoms with Crippen molar-refractivity contribution in [1.82, 2.24) is 0 Å². The van der Waals surface area contributed by atoms with E-state index in [2.05, 4.69) is 0 Å². The number of carboxylic acids is 1. The normalized spacial score (nSPS) is 10.1. The predicted octanol–water partition coefficient (Wildman–Crippen LogP) is 1.27. The number of ether oxygens (including phenoxy) is 3. The van der Waals surface area contributed by atoms with E-state index in [0.29, 0.717) is 5.75 Å². The van der Waals surface area contributed by atoms with Gasteiger partial charge in [-0.25, -0.2) is 4.79 Å². The molecule has 0 fully saturated rings. The first-order chi connectivity index (χ1) is 7.72. The van der Waals surface area contributed by atoms with Crippen molar-refractivity contribution < 1.29 is 24.1 Å². The number of rotatable bonds is 7. The molecule has 5 nitrogen and oxygen atoms in total. The SMILES string of the molecule is COCOc1cccc(COCC(=O)O)c1. The second-order valence-electron chi connectivity index (χ2n) is 3.08. The van der Waals surface area contributed by atoms with Gasteiger partial charge in [0.05, 0.1) is 6.61 Å². The van der Waals surface area contributed by atoms with E-state index in [1.165, 1.54) is 0 Å². The van der Waals surface area contributed by atoms with Crippen LogP contribution in [0.4, 0.5) is 0 Å². The molecule has 1 rings (SSSR count). The standard InChI is InChI=1S/C11H14O5/c1-14-8-16-10-4-2-3-9(5-10)6-15-7-11(12)13/h2-5H,6-8H2,1H3,(H,12,13). The molecule has 88 valence electrons. The maximum atomic E-state index is 10.2. The van der Waals surface area contributed by atoms with Gasteiger partial charge in [-0.1, -0.05) is 12.1 Å². The molecule has 0 bridgehead atoms. The summed E-state index contributed by atoms with van der Waals surface area (Å²) in [5, 5.41) is 8.40. The Morgan fingerprint density at radius 3 is 2.94 bits per heavy atom. The number of methoxy groups -OCH3 is 1. The van der Waals surface area contributed by atoms with E-state index in [1.807, 2.05) is 12.1 Å². The van der Waals surface area contributed by atoms with Crippen molar-refractivity contribution in [2.45, 2.75) is 6.61 Å². The van der Waals surface area contributed by atoms with Gasteiger partial charge in [0, 0.05) is 7.11 Å². The molecule has 0 aliphatic rings. The van der Waals surface area contributed by atoms with Crippen molar-refractivity contribution in [2.24, 2.45) is 0 Å². The summed E-state index contributed by atoms with van der Waals surface area (Å²) >= 11 is 0. The van der Waals surface area contributed by atoms with Crippen LogP contribution in [-0.2, 0) is 20.9 Å². The Morgan fingerprint density at radius 2 is 2.25 bits per heavy atom. The number of aliphatic carboxylic acids is 1.